The minimum atomic E-state index is 0.899. The lowest BCUT2D eigenvalue weighted by Gasteiger charge is -1.62. The number of thiol groups is 1. The Morgan fingerprint density at radius 1 is 1.80 bits per heavy atom. The van der Waals surface area contributed by atoms with Crippen molar-refractivity contribution in [3.63, 3.8) is 0 Å². The smallest absolute Gasteiger partial charge is 0.0219 e. The molecule has 5 heavy (non-hydrogen) atoms. The van der Waals surface area contributed by atoms with Gasteiger partial charge in [0.2, 0.25) is 0 Å². The summed E-state index contributed by atoms with van der Waals surface area (Å²) in [4.78, 5) is 0. The molecule has 0 bridgehead atoms. The highest BCUT2D eigenvalue weighted by atomic mass is 79.9. The highest BCUT2D eigenvalue weighted by Gasteiger charge is 1.54. The summed E-state index contributed by atoms with van der Waals surface area (Å²) in [7, 11) is 0. The number of alkyl halides is 1. The topological polar surface area (TPSA) is 0 Å². The molecule has 0 spiro atoms. The van der Waals surface area contributed by atoms with Crippen LogP contribution < -0.4 is 0 Å². The van der Waals surface area contributed by atoms with Crippen molar-refractivity contribution in [1.82, 2.24) is 0 Å². The second-order valence-corrected chi connectivity index (χ2v) is 1.48. The van der Waals surface area contributed by atoms with Crippen molar-refractivity contribution in [3.05, 3.63) is 11.5 Å². The number of hydrogen-bond donors (Lipinski definition) is 1. The maximum atomic E-state index is 3.79. The zero-order chi connectivity index (χ0) is 4.12. The Balaban J connectivity index is 2.62. The Labute approximate surface area is 45.8 Å². The maximum Gasteiger partial charge on any atom is 0.0219 e. The molecule has 0 aromatic rings. The van der Waals surface area contributed by atoms with Crippen LogP contribution in [-0.2, 0) is 0 Å². The van der Waals surface area contributed by atoms with Gasteiger partial charge in [-0.15, -0.1) is 0 Å². The third-order valence-electron chi connectivity index (χ3n) is 0.194. The summed E-state index contributed by atoms with van der Waals surface area (Å²) < 4.78 is 0. The van der Waals surface area contributed by atoms with Gasteiger partial charge in [0.1, 0.15) is 0 Å². The van der Waals surface area contributed by atoms with E-state index in [0.29, 0.717) is 0 Å². The molecule has 0 aromatic carbocycles. The molecule has 0 aliphatic carbocycles. The summed E-state index contributed by atoms with van der Waals surface area (Å²) >= 11 is 6.96. The van der Waals surface area contributed by atoms with Crippen LogP contribution in [0.3, 0.4) is 0 Å². The van der Waals surface area contributed by atoms with Gasteiger partial charge in [-0.1, -0.05) is 22.0 Å². The van der Waals surface area contributed by atoms with Gasteiger partial charge < -0.3 is 0 Å². The van der Waals surface area contributed by atoms with Crippen LogP contribution in [0.5, 0.6) is 0 Å². The van der Waals surface area contributed by atoms with Crippen molar-refractivity contribution in [1.29, 1.82) is 0 Å². The van der Waals surface area contributed by atoms with Crippen LogP contribution in [0.4, 0.5) is 0 Å². The van der Waals surface area contributed by atoms with Gasteiger partial charge in [0.25, 0.3) is 0 Å². The molecule has 2 heteroatoms. The van der Waals surface area contributed by atoms with Crippen LogP contribution in [-0.4, -0.2) is 5.33 Å². The molecule has 0 N–H and O–H groups in total. The highest BCUT2D eigenvalue weighted by molar-refractivity contribution is 9.09. The molecule has 0 aliphatic heterocycles. The van der Waals surface area contributed by atoms with Gasteiger partial charge in [0.15, 0.2) is 0 Å². The Morgan fingerprint density at radius 3 is 2.40 bits per heavy atom. The Morgan fingerprint density at radius 2 is 2.40 bits per heavy atom. The number of hydrogen-bond acceptors (Lipinski definition) is 1. The number of halogens is 1. The molecule has 0 nitrogen and oxygen atoms in total. The van der Waals surface area contributed by atoms with Crippen LogP contribution in [0.15, 0.2) is 11.5 Å². The predicted octanol–water partition coefficient (Wildman–Crippen LogP) is 1.82. The van der Waals surface area contributed by atoms with Crippen LogP contribution in [0.1, 0.15) is 0 Å². The largest absolute Gasteiger partial charge is 0.152 e. The fraction of sp³-hybridized carbons (Fsp3) is 0.333. The summed E-state index contributed by atoms with van der Waals surface area (Å²) in [6.07, 6.45) is 1.91. The molecular formula is C3H5BrS. The summed E-state index contributed by atoms with van der Waals surface area (Å²) in [6.45, 7) is 0. The molecular weight excluding hydrogens is 148 g/mol. The Hall–Kier alpha value is 0.570. The van der Waals surface area contributed by atoms with Gasteiger partial charge in [-0.3, -0.25) is 0 Å². The van der Waals surface area contributed by atoms with Crippen molar-refractivity contribution >= 4 is 28.6 Å². The number of allylic oxidation sites excluding steroid dienone is 1. The first-order chi connectivity index (χ1) is 2.41. The van der Waals surface area contributed by atoms with E-state index < -0.39 is 0 Å². The normalized spacial score (nSPS) is 10.0. The van der Waals surface area contributed by atoms with Crippen molar-refractivity contribution in [3.8, 4) is 0 Å². The van der Waals surface area contributed by atoms with Crippen molar-refractivity contribution in [2.45, 2.75) is 0 Å². The van der Waals surface area contributed by atoms with Crippen LogP contribution in [0, 0.1) is 0 Å². The molecule has 0 rings (SSSR count). The monoisotopic (exact) mass is 152 g/mol. The lowest BCUT2D eigenvalue weighted by atomic mass is 10.8. The zero-order valence-corrected chi connectivity index (χ0v) is 5.17. The number of rotatable bonds is 1. The third kappa shape index (κ3) is 4.57. The van der Waals surface area contributed by atoms with E-state index in [1.807, 2.05) is 6.08 Å². The van der Waals surface area contributed by atoms with E-state index in [4.69, 9.17) is 0 Å². The van der Waals surface area contributed by atoms with Gasteiger partial charge in [-0.25, -0.2) is 0 Å². The molecule has 0 aliphatic rings. The molecule has 0 radical (unpaired) electrons. The van der Waals surface area contributed by atoms with Crippen LogP contribution in [0.2, 0.25) is 0 Å². The van der Waals surface area contributed by atoms with Gasteiger partial charge >= 0.3 is 0 Å². The molecule has 0 saturated heterocycles. The first kappa shape index (κ1) is 5.57. The molecule has 0 heterocycles. The Bertz CT molecular complexity index is 33.9. The molecule has 0 saturated carbocycles. The second-order valence-electron chi connectivity index (χ2n) is 0.539. The van der Waals surface area contributed by atoms with E-state index in [1.165, 1.54) is 0 Å². The lowest BCUT2D eigenvalue weighted by Crippen LogP contribution is -1.47. The van der Waals surface area contributed by atoms with E-state index in [0.717, 1.165) is 5.33 Å². The first-order valence-corrected chi connectivity index (χ1v) is 2.90. The second kappa shape index (κ2) is 4.57. The van der Waals surface area contributed by atoms with E-state index in [2.05, 4.69) is 28.6 Å². The van der Waals surface area contributed by atoms with Gasteiger partial charge in [-0.05, 0) is 5.41 Å². The quantitative estimate of drug-likeness (QED) is 0.431. The summed E-state index contributed by atoms with van der Waals surface area (Å²) in [5.74, 6) is 0. The lowest BCUT2D eigenvalue weighted by molar-refractivity contribution is 1.86. The molecule has 30 valence electrons. The molecule has 0 unspecified atom stereocenters. The van der Waals surface area contributed by atoms with Crippen molar-refractivity contribution in [2.75, 3.05) is 5.33 Å². The zero-order valence-electron chi connectivity index (χ0n) is 2.69. The molecule has 0 fully saturated rings. The summed E-state index contributed by atoms with van der Waals surface area (Å²) in [6, 6.07) is 0. The summed E-state index contributed by atoms with van der Waals surface area (Å²) in [5, 5.41) is 2.60. The van der Waals surface area contributed by atoms with Gasteiger partial charge in [0, 0.05) is 5.33 Å². The minimum Gasteiger partial charge on any atom is -0.152 e. The van der Waals surface area contributed by atoms with E-state index in [1.54, 1.807) is 5.41 Å². The minimum absolute atomic E-state index is 0.899. The fourth-order valence-corrected chi connectivity index (χ4v) is 0.621. The standard InChI is InChI=1S/C3H5BrS/c4-2-1-3-5/h1,3,5H,2H2. The van der Waals surface area contributed by atoms with E-state index in [-0.39, 0.29) is 0 Å². The third-order valence-corrected chi connectivity index (χ3v) is 0.779. The highest BCUT2D eigenvalue weighted by Crippen LogP contribution is 1.81. The summed E-state index contributed by atoms with van der Waals surface area (Å²) in [5.41, 5.74) is 0. The SMILES string of the molecule is SC=CCBr. The molecule has 0 atom stereocenters. The van der Waals surface area contributed by atoms with E-state index in [9.17, 15) is 0 Å². The van der Waals surface area contributed by atoms with Gasteiger partial charge in [0.05, 0.1) is 0 Å². The average molecular weight is 153 g/mol. The van der Waals surface area contributed by atoms with Crippen molar-refractivity contribution < 1.29 is 0 Å². The maximum absolute atomic E-state index is 3.79. The van der Waals surface area contributed by atoms with Gasteiger partial charge in [-0.2, -0.15) is 12.6 Å². The fourth-order valence-electron chi connectivity index (χ4n) is 0.0398. The molecule has 0 aromatic heterocycles. The Kier molecular flexibility index (Phi) is 5.09. The average Bonchev–Trinajstić information content (AvgIpc) is 1.41. The molecule has 0 amide bonds. The van der Waals surface area contributed by atoms with Crippen LogP contribution >= 0.6 is 28.6 Å². The van der Waals surface area contributed by atoms with E-state index >= 15 is 0 Å². The predicted molar refractivity (Wildman–Crippen MR) is 31.9 cm³/mol. The first-order valence-electron chi connectivity index (χ1n) is 1.27. The van der Waals surface area contributed by atoms with Crippen molar-refractivity contribution in [2.24, 2.45) is 0 Å². The van der Waals surface area contributed by atoms with Crippen LogP contribution in [0.25, 0.3) is 0 Å².